The lowest BCUT2D eigenvalue weighted by Gasteiger charge is -2.19. The molecule has 0 saturated carbocycles. The van der Waals surface area contributed by atoms with Crippen LogP contribution in [-0.4, -0.2) is 35.2 Å². The number of fused-ring (bicyclic) bond motifs is 1. The van der Waals surface area contributed by atoms with Gasteiger partial charge in [0.1, 0.15) is 15.5 Å². The van der Waals surface area contributed by atoms with Crippen LogP contribution in [0.25, 0.3) is 10.2 Å². The first-order chi connectivity index (χ1) is 12.9. The first-order valence-electron chi connectivity index (χ1n) is 8.77. The zero-order valence-electron chi connectivity index (χ0n) is 15.1. The summed E-state index contributed by atoms with van der Waals surface area (Å²) in [6.07, 6.45) is 0.825. The molecule has 4 rings (SSSR count). The number of benzene rings is 1. The van der Waals surface area contributed by atoms with Crippen LogP contribution in [0.15, 0.2) is 24.3 Å². The molecule has 1 amide bonds. The molecule has 6 nitrogen and oxygen atoms in total. The summed E-state index contributed by atoms with van der Waals surface area (Å²) in [5.74, 6) is -0.435. The van der Waals surface area contributed by atoms with Crippen LogP contribution < -0.4 is 16.0 Å². The topological polar surface area (TPSA) is 84.1 Å². The van der Waals surface area contributed by atoms with Gasteiger partial charge in [0, 0.05) is 30.2 Å². The van der Waals surface area contributed by atoms with Crippen LogP contribution in [0.2, 0.25) is 0 Å². The van der Waals surface area contributed by atoms with Gasteiger partial charge in [-0.15, -0.1) is 16.4 Å². The van der Waals surface area contributed by atoms with E-state index in [4.69, 9.17) is 5.73 Å². The second-order valence-electron chi connectivity index (χ2n) is 6.82. The second kappa shape index (κ2) is 6.77. The highest BCUT2D eigenvalue weighted by molar-refractivity contribution is 7.21. The monoisotopic (exact) mass is 385 g/mol. The molecule has 1 aliphatic heterocycles. The van der Waals surface area contributed by atoms with Crippen LogP contribution in [0.4, 0.5) is 15.8 Å². The summed E-state index contributed by atoms with van der Waals surface area (Å²) < 4.78 is 13.1. The molecule has 1 unspecified atom stereocenters. The predicted molar refractivity (Wildman–Crippen MR) is 106 cm³/mol. The molecule has 1 aliphatic rings. The van der Waals surface area contributed by atoms with Crippen molar-refractivity contribution in [3.05, 3.63) is 46.2 Å². The molecule has 1 fully saturated rings. The zero-order chi connectivity index (χ0) is 19.1. The molecule has 2 aromatic heterocycles. The van der Waals surface area contributed by atoms with Crippen molar-refractivity contribution in [2.75, 3.05) is 23.7 Å². The molecule has 3 aromatic rings. The van der Waals surface area contributed by atoms with E-state index in [0.29, 0.717) is 21.9 Å². The van der Waals surface area contributed by atoms with Crippen molar-refractivity contribution in [1.29, 1.82) is 0 Å². The Morgan fingerprint density at radius 3 is 2.78 bits per heavy atom. The molecule has 8 heteroatoms. The summed E-state index contributed by atoms with van der Waals surface area (Å²) in [7, 11) is 0. The van der Waals surface area contributed by atoms with Gasteiger partial charge in [-0.2, -0.15) is 5.10 Å². The van der Waals surface area contributed by atoms with Crippen LogP contribution in [-0.2, 0) is 0 Å². The van der Waals surface area contributed by atoms with Crippen molar-refractivity contribution in [2.45, 2.75) is 26.3 Å². The average molecular weight is 385 g/mol. The first kappa shape index (κ1) is 17.7. The van der Waals surface area contributed by atoms with Gasteiger partial charge in [-0.05, 0) is 50.1 Å². The summed E-state index contributed by atoms with van der Waals surface area (Å²) in [5, 5.41) is 12.2. The highest BCUT2D eigenvalue weighted by Crippen LogP contribution is 2.35. The Hall–Kier alpha value is -2.74. The number of nitrogen functional groups attached to an aromatic ring is 1. The van der Waals surface area contributed by atoms with Gasteiger partial charge in [-0.25, -0.2) is 4.39 Å². The molecule has 1 atom stereocenters. The second-order valence-corrected chi connectivity index (χ2v) is 7.82. The molecule has 0 aliphatic carbocycles. The number of carbonyl (C=O) groups is 1. The number of rotatable bonds is 3. The first-order valence-corrected chi connectivity index (χ1v) is 9.59. The van der Waals surface area contributed by atoms with E-state index in [1.807, 2.05) is 13.8 Å². The number of nitrogens with zero attached hydrogens (tertiary/aromatic N) is 3. The lowest BCUT2D eigenvalue weighted by molar-refractivity contribution is 0.0945. The minimum absolute atomic E-state index is 0.0149. The minimum Gasteiger partial charge on any atom is -0.397 e. The maximum absolute atomic E-state index is 13.1. The third kappa shape index (κ3) is 3.21. The quantitative estimate of drug-likeness (QED) is 0.724. The van der Waals surface area contributed by atoms with Gasteiger partial charge in [0.05, 0.1) is 11.4 Å². The number of carbonyl (C=O) groups excluding carboxylic acids is 1. The van der Waals surface area contributed by atoms with Gasteiger partial charge in [0.15, 0.2) is 0 Å². The predicted octanol–water partition coefficient (Wildman–Crippen LogP) is 3.04. The Balaban J connectivity index is 1.50. The van der Waals surface area contributed by atoms with Crippen molar-refractivity contribution in [1.82, 2.24) is 15.5 Å². The fourth-order valence-electron chi connectivity index (χ4n) is 3.42. The number of halogens is 1. The van der Waals surface area contributed by atoms with Crippen LogP contribution in [0.3, 0.4) is 0 Å². The number of nitrogens with one attached hydrogen (secondary N) is 1. The Morgan fingerprint density at radius 2 is 2.04 bits per heavy atom. The summed E-state index contributed by atoms with van der Waals surface area (Å²) in [4.78, 5) is 16.1. The van der Waals surface area contributed by atoms with Crippen molar-refractivity contribution in [3.63, 3.8) is 0 Å². The number of thiophene rings is 1. The fraction of sp³-hybridized carbons (Fsp3) is 0.316. The summed E-state index contributed by atoms with van der Waals surface area (Å²) >= 11 is 1.27. The average Bonchev–Trinajstić information content (AvgIpc) is 3.24. The molecule has 3 heterocycles. The lowest BCUT2D eigenvalue weighted by atomic mass is 10.1. The van der Waals surface area contributed by atoms with Crippen molar-refractivity contribution >= 4 is 38.8 Å². The van der Waals surface area contributed by atoms with Crippen molar-refractivity contribution < 1.29 is 9.18 Å². The number of aryl methyl sites for hydroxylation is 2. The summed E-state index contributed by atoms with van der Waals surface area (Å²) in [5.41, 5.74) is 9.44. The Kier molecular flexibility index (Phi) is 4.43. The van der Waals surface area contributed by atoms with E-state index >= 15 is 0 Å². The molecule has 27 heavy (non-hydrogen) atoms. The maximum Gasteiger partial charge on any atom is 0.263 e. The Bertz CT molecular complexity index is 1020. The van der Waals surface area contributed by atoms with E-state index < -0.39 is 0 Å². The Labute approximate surface area is 160 Å². The molecule has 140 valence electrons. The molecule has 0 bridgehead atoms. The summed E-state index contributed by atoms with van der Waals surface area (Å²) in [6, 6.07) is 6.43. The number of hydrogen-bond acceptors (Lipinski definition) is 6. The largest absolute Gasteiger partial charge is 0.397 e. The lowest BCUT2D eigenvalue weighted by Crippen LogP contribution is -2.37. The zero-order valence-corrected chi connectivity index (χ0v) is 15.9. The smallest absolute Gasteiger partial charge is 0.263 e. The van der Waals surface area contributed by atoms with Crippen LogP contribution in [0.1, 0.15) is 27.3 Å². The van der Waals surface area contributed by atoms with Gasteiger partial charge in [0.25, 0.3) is 5.91 Å². The summed E-state index contributed by atoms with van der Waals surface area (Å²) in [6.45, 7) is 5.30. The molecule has 0 radical (unpaired) electrons. The normalized spacial score (nSPS) is 16.9. The van der Waals surface area contributed by atoms with Gasteiger partial charge < -0.3 is 16.0 Å². The van der Waals surface area contributed by atoms with Crippen molar-refractivity contribution in [2.24, 2.45) is 0 Å². The van der Waals surface area contributed by atoms with E-state index in [0.717, 1.165) is 35.3 Å². The highest BCUT2D eigenvalue weighted by Gasteiger charge is 2.27. The minimum atomic E-state index is -0.253. The van der Waals surface area contributed by atoms with Gasteiger partial charge in [-0.3, -0.25) is 4.79 Å². The maximum atomic E-state index is 13.1. The van der Waals surface area contributed by atoms with E-state index in [-0.39, 0.29) is 17.8 Å². The molecular formula is C19H20FN5OS. The number of anilines is 2. The van der Waals surface area contributed by atoms with Gasteiger partial charge in [0.2, 0.25) is 0 Å². The highest BCUT2D eigenvalue weighted by atomic mass is 32.1. The van der Waals surface area contributed by atoms with E-state index in [2.05, 4.69) is 20.4 Å². The molecule has 1 aromatic carbocycles. The third-order valence-electron chi connectivity index (χ3n) is 5.06. The number of nitrogens with two attached hydrogens (primary N) is 1. The van der Waals surface area contributed by atoms with Crippen LogP contribution in [0.5, 0.6) is 0 Å². The van der Waals surface area contributed by atoms with Crippen molar-refractivity contribution in [3.8, 4) is 0 Å². The van der Waals surface area contributed by atoms with E-state index in [1.165, 1.54) is 23.5 Å². The molecule has 0 spiro atoms. The number of amides is 1. The SMILES string of the molecule is Cc1nnc2sc(C(=O)NC3CCN(c4ccc(F)cc4)C3)c(N)c2c1C. The fourth-order valence-corrected chi connectivity index (χ4v) is 4.43. The standard InChI is InChI=1S/C19H20FN5OS/c1-10-11(2)23-24-19-15(10)16(21)17(27-19)18(26)22-13-7-8-25(9-13)14-5-3-12(20)4-6-14/h3-6,13H,7-9,21H2,1-2H3,(H,22,26). The Morgan fingerprint density at radius 1 is 1.30 bits per heavy atom. The third-order valence-corrected chi connectivity index (χ3v) is 6.15. The van der Waals surface area contributed by atoms with E-state index in [9.17, 15) is 9.18 Å². The van der Waals surface area contributed by atoms with Gasteiger partial charge >= 0.3 is 0 Å². The van der Waals surface area contributed by atoms with Crippen LogP contribution in [0, 0.1) is 19.7 Å². The van der Waals surface area contributed by atoms with Crippen LogP contribution >= 0.6 is 11.3 Å². The number of hydrogen-bond donors (Lipinski definition) is 2. The number of aromatic nitrogens is 2. The molecule has 3 N–H and O–H groups in total. The molecule has 1 saturated heterocycles. The van der Waals surface area contributed by atoms with Gasteiger partial charge in [-0.1, -0.05) is 0 Å². The van der Waals surface area contributed by atoms with E-state index in [1.54, 1.807) is 12.1 Å². The molecular weight excluding hydrogens is 365 g/mol.